The van der Waals surface area contributed by atoms with Crippen molar-refractivity contribution in [1.82, 2.24) is 9.29 Å². The Labute approximate surface area is 227 Å². The van der Waals surface area contributed by atoms with Gasteiger partial charge in [-0.05, 0) is 55.7 Å². The van der Waals surface area contributed by atoms with E-state index in [0.717, 1.165) is 16.9 Å². The molecule has 3 saturated carbocycles. The minimum absolute atomic E-state index is 0.0132. The van der Waals surface area contributed by atoms with E-state index >= 15 is 0 Å². The lowest BCUT2D eigenvalue weighted by Gasteiger charge is -2.69. The Balaban J connectivity index is 1.43. The maximum Gasteiger partial charge on any atom is 0.431 e. The van der Waals surface area contributed by atoms with Crippen LogP contribution in [0, 0.1) is 16.7 Å². The van der Waals surface area contributed by atoms with E-state index in [1.54, 1.807) is 6.07 Å². The summed E-state index contributed by atoms with van der Waals surface area (Å²) in [4.78, 5) is 0. The Morgan fingerprint density at radius 3 is 2.47 bits per heavy atom. The summed E-state index contributed by atoms with van der Waals surface area (Å²) in [5, 5.41) is 9.84. The van der Waals surface area contributed by atoms with E-state index in [4.69, 9.17) is 32.7 Å². The van der Waals surface area contributed by atoms with E-state index in [1.807, 2.05) is 6.07 Å². The lowest BCUT2D eigenvalue weighted by Crippen LogP contribution is -2.76. The van der Waals surface area contributed by atoms with E-state index < -0.39 is 27.4 Å². The van der Waals surface area contributed by atoms with Crippen molar-refractivity contribution in [2.45, 2.75) is 31.0 Å². The molecule has 13 heteroatoms. The summed E-state index contributed by atoms with van der Waals surface area (Å²) >= 11 is 11.9. The van der Waals surface area contributed by atoms with Crippen LogP contribution < -0.4 is 14.2 Å². The number of sulfonamides is 1. The molecule has 3 aromatic rings. The van der Waals surface area contributed by atoms with Gasteiger partial charge in [-0.1, -0.05) is 11.6 Å². The lowest BCUT2D eigenvalue weighted by atomic mass is 9.40. The molecule has 3 fully saturated rings. The van der Waals surface area contributed by atoms with E-state index in [-0.39, 0.29) is 45.4 Å². The molecular formula is C25H22Cl2F3N3O4S. The SMILES string of the molecule is CS(=O)(=O)NC12CC(COc3ccc4c(c3)cc(C(F)(F)F)n4-c3cc(Cl)c(OCCCl)c(C#N)c3)(C1)C2. The highest BCUT2D eigenvalue weighted by atomic mass is 35.5. The summed E-state index contributed by atoms with van der Waals surface area (Å²) < 4.78 is 80.3. The minimum atomic E-state index is -4.69. The van der Waals surface area contributed by atoms with Crippen LogP contribution in [0.5, 0.6) is 11.5 Å². The van der Waals surface area contributed by atoms with Crippen molar-refractivity contribution in [2.75, 3.05) is 25.3 Å². The summed E-state index contributed by atoms with van der Waals surface area (Å²) in [6.45, 7) is 0.415. The molecule has 0 amide bonds. The summed E-state index contributed by atoms with van der Waals surface area (Å²) in [6, 6.07) is 10.2. The molecule has 0 unspecified atom stereocenters. The molecule has 1 aromatic heterocycles. The lowest BCUT2D eigenvalue weighted by molar-refractivity contribution is -0.162. The molecule has 0 atom stereocenters. The van der Waals surface area contributed by atoms with Gasteiger partial charge in [0.2, 0.25) is 10.0 Å². The Morgan fingerprint density at radius 1 is 1.16 bits per heavy atom. The smallest absolute Gasteiger partial charge is 0.431 e. The molecule has 38 heavy (non-hydrogen) atoms. The molecule has 1 heterocycles. The van der Waals surface area contributed by atoms with Crippen molar-refractivity contribution in [2.24, 2.45) is 5.41 Å². The summed E-state index contributed by atoms with van der Waals surface area (Å²) in [5.41, 5.74) is -1.18. The van der Waals surface area contributed by atoms with Crippen LogP contribution in [-0.2, 0) is 16.2 Å². The predicted molar refractivity (Wildman–Crippen MR) is 137 cm³/mol. The largest absolute Gasteiger partial charge is 0.493 e. The third-order valence-electron chi connectivity index (χ3n) is 6.88. The van der Waals surface area contributed by atoms with Gasteiger partial charge >= 0.3 is 6.18 Å². The molecule has 6 rings (SSSR count). The first-order chi connectivity index (χ1) is 17.8. The first kappa shape index (κ1) is 26.9. The number of nitrogens with zero attached hydrogens (tertiary/aromatic N) is 2. The summed E-state index contributed by atoms with van der Waals surface area (Å²) in [5.74, 6) is 0.605. The number of aromatic nitrogens is 1. The van der Waals surface area contributed by atoms with Crippen LogP contribution in [0.2, 0.25) is 5.02 Å². The maximum atomic E-state index is 14.1. The topological polar surface area (TPSA) is 93.3 Å². The Bertz CT molecular complexity index is 1560. The van der Waals surface area contributed by atoms with Gasteiger partial charge in [0.1, 0.15) is 24.1 Å². The Hall–Kier alpha value is -2.65. The number of nitriles is 1. The van der Waals surface area contributed by atoms with Gasteiger partial charge in [-0.15, -0.1) is 11.6 Å². The molecule has 202 valence electrons. The van der Waals surface area contributed by atoms with Crippen molar-refractivity contribution in [3.8, 4) is 23.3 Å². The van der Waals surface area contributed by atoms with Gasteiger partial charge in [-0.3, -0.25) is 0 Å². The van der Waals surface area contributed by atoms with Crippen LogP contribution in [-0.4, -0.2) is 43.9 Å². The molecule has 3 aliphatic carbocycles. The summed E-state index contributed by atoms with van der Waals surface area (Å²) in [7, 11) is -3.30. The van der Waals surface area contributed by atoms with E-state index in [0.29, 0.717) is 37.0 Å². The Kier molecular flexibility index (Phi) is 6.54. The second-order valence-corrected chi connectivity index (χ2v) is 12.5. The van der Waals surface area contributed by atoms with Crippen LogP contribution in [0.25, 0.3) is 16.6 Å². The molecule has 0 aliphatic heterocycles. The van der Waals surface area contributed by atoms with Gasteiger partial charge in [0.15, 0.2) is 5.75 Å². The molecule has 7 nitrogen and oxygen atoms in total. The highest BCUT2D eigenvalue weighted by Crippen LogP contribution is 2.67. The first-order valence-corrected chi connectivity index (χ1v) is 14.3. The third kappa shape index (κ3) is 4.91. The highest BCUT2D eigenvalue weighted by Gasteiger charge is 2.69. The molecule has 0 saturated heterocycles. The van der Waals surface area contributed by atoms with E-state index in [9.17, 15) is 26.9 Å². The van der Waals surface area contributed by atoms with Gasteiger partial charge in [0, 0.05) is 22.0 Å². The number of benzene rings is 2. The van der Waals surface area contributed by atoms with Crippen molar-refractivity contribution in [1.29, 1.82) is 5.26 Å². The quantitative estimate of drug-likeness (QED) is 0.327. The van der Waals surface area contributed by atoms with E-state index in [2.05, 4.69) is 4.72 Å². The van der Waals surface area contributed by atoms with Crippen LogP contribution in [0.15, 0.2) is 36.4 Å². The fraction of sp³-hybridized carbons (Fsp3) is 0.400. The predicted octanol–water partition coefficient (Wildman–Crippen LogP) is 5.64. The third-order valence-corrected chi connectivity index (χ3v) is 8.12. The summed E-state index contributed by atoms with van der Waals surface area (Å²) in [6.07, 6.45) is -1.57. The number of nitrogens with one attached hydrogen (secondary N) is 1. The fourth-order valence-electron chi connectivity index (χ4n) is 5.74. The average Bonchev–Trinajstić information content (AvgIpc) is 3.17. The van der Waals surface area contributed by atoms with Gasteiger partial charge < -0.3 is 14.0 Å². The normalized spacial score (nSPS) is 22.4. The molecular weight excluding hydrogens is 566 g/mol. The highest BCUT2D eigenvalue weighted by molar-refractivity contribution is 7.88. The zero-order valence-corrected chi connectivity index (χ0v) is 22.4. The fourth-order valence-corrected chi connectivity index (χ4v) is 7.09. The molecule has 2 aromatic carbocycles. The van der Waals surface area contributed by atoms with Crippen LogP contribution in [0.1, 0.15) is 30.5 Å². The van der Waals surface area contributed by atoms with Gasteiger partial charge in [-0.2, -0.15) is 18.4 Å². The number of hydrogen-bond acceptors (Lipinski definition) is 5. The monoisotopic (exact) mass is 587 g/mol. The van der Waals surface area contributed by atoms with Crippen LogP contribution >= 0.6 is 23.2 Å². The maximum absolute atomic E-state index is 14.1. The van der Waals surface area contributed by atoms with Crippen LogP contribution in [0.4, 0.5) is 13.2 Å². The van der Waals surface area contributed by atoms with Gasteiger partial charge in [0.25, 0.3) is 0 Å². The molecule has 1 N–H and O–H groups in total. The van der Waals surface area contributed by atoms with Gasteiger partial charge in [0.05, 0.1) is 34.8 Å². The first-order valence-electron chi connectivity index (χ1n) is 11.5. The number of hydrogen-bond donors (Lipinski definition) is 1. The zero-order chi connectivity index (χ0) is 27.5. The van der Waals surface area contributed by atoms with E-state index in [1.165, 1.54) is 24.3 Å². The van der Waals surface area contributed by atoms with Crippen LogP contribution in [0.3, 0.4) is 0 Å². The van der Waals surface area contributed by atoms with Crippen molar-refractivity contribution in [3.63, 3.8) is 0 Å². The minimum Gasteiger partial charge on any atom is -0.493 e. The molecule has 0 radical (unpaired) electrons. The molecule has 3 aliphatic rings. The number of alkyl halides is 4. The number of fused-ring (bicyclic) bond motifs is 1. The van der Waals surface area contributed by atoms with Crippen molar-refractivity contribution < 1.29 is 31.1 Å². The average molecular weight is 588 g/mol. The van der Waals surface area contributed by atoms with Gasteiger partial charge in [-0.25, -0.2) is 13.1 Å². The second-order valence-electron chi connectivity index (χ2n) is 10.0. The standard InChI is InChI=1S/C25H22Cl2F3N3O4S/c1-38(34,35)32-24-11-23(12-24,13-24)14-37-18-2-3-20-15(7-18)8-21(25(28,29)30)33(20)17-6-16(10-31)22(19(27)9-17)36-5-4-26/h2-3,6-9,32H,4-5,11-14H2,1H3. The number of ether oxygens (including phenoxy) is 2. The second kappa shape index (κ2) is 9.23. The zero-order valence-electron chi connectivity index (χ0n) is 20.0. The van der Waals surface area contributed by atoms with Crippen molar-refractivity contribution in [3.05, 3.63) is 52.7 Å². The number of halogens is 5. The molecule has 0 spiro atoms. The number of rotatable bonds is 9. The van der Waals surface area contributed by atoms with Crippen molar-refractivity contribution >= 4 is 44.1 Å². The molecule has 2 bridgehead atoms. The Morgan fingerprint density at radius 2 is 1.87 bits per heavy atom.